The van der Waals surface area contributed by atoms with E-state index in [1.807, 2.05) is 36.4 Å². The van der Waals surface area contributed by atoms with Crippen molar-refractivity contribution in [2.45, 2.75) is 135 Å². The summed E-state index contributed by atoms with van der Waals surface area (Å²) in [5, 5.41) is 1.67. The second-order valence-electron chi connectivity index (χ2n) is 19.4. The van der Waals surface area contributed by atoms with Crippen LogP contribution in [-0.2, 0) is 44.5 Å². The molecule has 10 nitrogen and oxygen atoms in total. The van der Waals surface area contributed by atoms with Crippen LogP contribution < -0.4 is 9.47 Å². The Labute approximate surface area is 431 Å². The van der Waals surface area contributed by atoms with E-state index in [0.29, 0.717) is 42.0 Å². The van der Waals surface area contributed by atoms with Crippen LogP contribution in [0, 0.1) is 47.3 Å². The van der Waals surface area contributed by atoms with Gasteiger partial charge in [-0.3, -0.25) is 19.2 Å². The predicted octanol–water partition coefficient (Wildman–Crippen LogP) is 11.9. The molecule has 0 aromatic heterocycles. The molecule has 12 unspecified atom stereocenters. The maximum atomic E-state index is 12.1. The van der Waals surface area contributed by atoms with Crippen molar-refractivity contribution in [3.05, 3.63) is 59.7 Å². The molecule has 14 heteroatoms. The van der Waals surface area contributed by atoms with Gasteiger partial charge in [0.05, 0.1) is 32.2 Å². The minimum absolute atomic E-state index is 0. The molecule has 4 bridgehead atoms. The standard InChI is InChI=1S/C37H58O7S4.C16H16O3.2CH4/c1-23(38)48-27-21-29-25-16-33(31(29)22-27)35(18-25)42-8-4-12-47-14-6-37(40)44-10-9-43-36(39)5-13-46-11-3-7-41-34-17-24-15-32(34)30-20-26(45-2)19-28(24)30;1-12(17)19-16-9-5-14(6-10-16)11-13-3-7-15(18-2)8-4-13;;/h24-35H,3-22H2,1-2H3;3-10H,11H2,1-2H3;2*1H4. The van der Waals surface area contributed by atoms with Crippen molar-refractivity contribution in [3.8, 4) is 11.5 Å². The molecular formula is C55H82O10S4. The van der Waals surface area contributed by atoms with E-state index in [1.54, 1.807) is 61.5 Å². The lowest BCUT2D eigenvalue weighted by atomic mass is 9.80. The zero-order valence-electron chi connectivity index (χ0n) is 40.1. The van der Waals surface area contributed by atoms with Crippen molar-refractivity contribution in [1.29, 1.82) is 0 Å². The Morgan fingerprint density at radius 1 is 0.551 bits per heavy atom. The molecule has 0 heterocycles. The van der Waals surface area contributed by atoms with Crippen LogP contribution in [0.25, 0.3) is 0 Å². The lowest BCUT2D eigenvalue weighted by Gasteiger charge is -2.31. The third kappa shape index (κ3) is 17.1. The molecule has 2 aromatic carbocycles. The summed E-state index contributed by atoms with van der Waals surface area (Å²) < 4.78 is 33.3. The monoisotopic (exact) mass is 1030 g/mol. The molecule has 69 heavy (non-hydrogen) atoms. The Morgan fingerprint density at radius 3 is 1.48 bits per heavy atom. The predicted molar refractivity (Wildman–Crippen MR) is 286 cm³/mol. The molecule has 0 N–H and O–H groups in total. The molecule has 0 spiro atoms. The van der Waals surface area contributed by atoms with E-state index in [1.165, 1.54) is 69.4 Å². The van der Waals surface area contributed by atoms with Crippen molar-refractivity contribution in [1.82, 2.24) is 0 Å². The van der Waals surface area contributed by atoms with Gasteiger partial charge in [-0.15, -0.1) is 0 Å². The fraction of sp³-hybridized carbons (Fsp3) is 0.709. The molecule has 0 aliphatic heterocycles. The first kappa shape index (κ1) is 57.5. The number of rotatable bonds is 25. The Morgan fingerprint density at radius 2 is 1.01 bits per heavy atom. The van der Waals surface area contributed by atoms with Gasteiger partial charge in [0.25, 0.3) is 0 Å². The molecule has 0 amide bonds. The lowest BCUT2D eigenvalue weighted by Crippen LogP contribution is -2.30. The molecule has 8 rings (SSSR count). The highest BCUT2D eigenvalue weighted by Gasteiger charge is 2.57. The van der Waals surface area contributed by atoms with Crippen LogP contribution in [0.5, 0.6) is 11.5 Å². The van der Waals surface area contributed by atoms with Crippen LogP contribution in [0.4, 0.5) is 0 Å². The SMILES string of the molecule is C.C.COc1ccc(Cc2ccc(OC(C)=O)cc2)cc1.CSC1CC2C3CC(OCCCSCCC(=O)OCCOC(=O)CCSCCCOC4CC5CC4C4CC(SC(C)=O)CC54)C(C3)C2C1. The quantitative estimate of drug-likeness (QED) is 0.0532. The molecule has 6 saturated carbocycles. The molecule has 386 valence electrons. The van der Waals surface area contributed by atoms with Crippen LogP contribution in [0.2, 0.25) is 0 Å². The van der Waals surface area contributed by atoms with Gasteiger partial charge in [-0.05, 0) is 171 Å². The van der Waals surface area contributed by atoms with Crippen molar-refractivity contribution >= 4 is 70.1 Å². The van der Waals surface area contributed by atoms with Gasteiger partial charge in [-0.2, -0.15) is 35.3 Å². The van der Waals surface area contributed by atoms with E-state index in [-0.39, 0.29) is 51.1 Å². The normalized spacial score (nSPS) is 28.6. The Hall–Kier alpha value is -2.36. The van der Waals surface area contributed by atoms with E-state index in [4.69, 9.17) is 28.4 Å². The number of carbonyl (C=O) groups excluding carboxylic acids is 4. The summed E-state index contributed by atoms with van der Waals surface area (Å²) in [6, 6.07) is 15.5. The van der Waals surface area contributed by atoms with Gasteiger partial charge < -0.3 is 28.4 Å². The first-order valence-electron chi connectivity index (χ1n) is 24.9. The van der Waals surface area contributed by atoms with Crippen LogP contribution in [0.15, 0.2) is 48.5 Å². The highest BCUT2D eigenvalue weighted by molar-refractivity contribution is 8.14. The van der Waals surface area contributed by atoms with Crippen molar-refractivity contribution in [2.75, 3.05) is 62.8 Å². The maximum absolute atomic E-state index is 12.1. The Balaban J connectivity index is 0.000000356. The topological polar surface area (TPSA) is 124 Å². The summed E-state index contributed by atoms with van der Waals surface area (Å²) in [6.07, 6.45) is 17.3. The van der Waals surface area contributed by atoms with Gasteiger partial charge in [0.15, 0.2) is 5.12 Å². The van der Waals surface area contributed by atoms with Gasteiger partial charge in [0, 0.05) is 49.1 Å². The average Bonchev–Trinajstić information content (AvgIpc) is 4.18. The minimum atomic E-state index is -0.303. The number of hydrogen-bond acceptors (Lipinski definition) is 14. The summed E-state index contributed by atoms with van der Waals surface area (Å²) in [5.41, 5.74) is 2.38. The number of carbonyl (C=O) groups is 4. The van der Waals surface area contributed by atoms with Crippen molar-refractivity contribution < 1.29 is 47.6 Å². The highest BCUT2D eigenvalue weighted by atomic mass is 32.2. The Kier molecular flexibility index (Phi) is 24.5. The van der Waals surface area contributed by atoms with Crippen LogP contribution >= 0.6 is 47.0 Å². The van der Waals surface area contributed by atoms with E-state index >= 15 is 0 Å². The number of hydrogen-bond donors (Lipinski definition) is 0. The largest absolute Gasteiger partial charge is 0.497 e. The van der Waals surface area contributed by atoms with E-state index in [2.05, 4.69) is 18.0 Å². The number of thioether (sulfide) groups is 4. The van der Waals surface area contributed by atoms with Crippen molar-refractivity contribution in [3.63, 3.8) is 0 Å². The second kappa shape index (κ2) is 29.4. The van der Waals surface area contributed by atoms with E-state index in [9.17, 15) is 19.2 Å². The number of methoxy groups -OCH3 is 1. The van der Waals surface area contributed by atoms with E-state index in [0.717, 1.165) is 108 Å². The molecular weight excluding hydrogens is 949 g/mol. The molecule has 12 atom stereocenters. The molecule has 6 fully saturated rings. The smallest absolute Gasteiger partial charge is 0.308 e. The third-order valence-corrected chi connectivity index (χ3v) is 19.4. The number of esters is 3. The number of benzene rings is 2. The minimum Gasteiger partial charge on any atom is -0.497 e. The first-order valence-corrected chi connectivity index (χ1v) is 29.3. The highest BCUT2D eigenvalue weighted by Crippen LogP contribution is 2.62. The van der Waals surface area contributed by atoms with Gasteiger partial charge in [-0.25, -0.2) is 0 Å². The average molecular weight is 1030 g/mol. The van der Waals surface area contributed by atoms with Crippen LogP contribution in [0.1, 0.15) is 117 Å². The molecule has 0 radical (unpaired) electrons. The zero-order valence-corrected chi connectivity index (χ0v) is 43.4. The fourth-order valence-corrected chi connectivity index (χ4v) is 16.0. The third-order valence-electron chi connectivity index (χ3n) is 15.2. The van der Waals surface area contributed by atoms with Crippen LogP contribution in [0.3, 0.4) is 0 Å². The molecule has 0 saturated heterocycles. The zero-order chi connectivity index (χ0) is 47.1. The summed E-state index contributed by atoms with van der Waals surface area (Å²) in [7, 11) is 1.66. The Bertz CT molecular complexity index is 1880. The second-order valence-corrected chi connectivity index (χ2v) is 24.5. The van der Waals surface area contributed by atoms with Gasteiger partial charge in [0.2, 0.25) is 0 Å². The van der Waals surface area contributed by atoms with Gasteiger partial charge >= 0.3 is 17.9 Å². The number of ether oxygens (including phenoxy) is 6. The van der Waals surface area contributed by atoms with Crippen LogP contribution in [-0.4, -0.2) is 109 Å². The fourth-order valence-electron chi connectivity index (χ4n) is 12.4. The lowest BCUT2D eigenvalue weighted by molar-refractivity contribution is -0.151. The molecule has 2 aromatic rings. The van der Waals surface area contributed by atoms with Gasteiger partial charge in [-0.1, -0.05) is 50.9 Å². The summed E-state index contributed by atoms with van der Waals surface area (Å²) in [6.45, 7) is 4.95. The molecule has 6 aliphatic rings. The number of fused-ring (bicyclic) bond motifs is 10. The van der Waals surface area contributed by atoms with Crippen molar-refractivity contribution in [2.24, 2.45) is 47.3 Å². The molecule has 6 aliphatic carbocycles. The summed E-state index contributed by atoms with van der Waals surface area (Å²) in [5.74, 6) is 10.8. The first-order chi connectivity index (χ1) is 32.6. The van der Waals surface area contributed by atoms with E-state index < -0.39 is 0 Å². The summed E-state index contributed by atoms with van der Waals surface area (Å²) in [4.78, 5) is 46.5. The summed E-state index contributed by atoms with van der Waals surface area (Å²) >= 11 is 7.17. The van der Waals surface area contributed by atoms with Gasteiger partial charge in [0.1, 0.15) is 24.7 Å². The maximum Gasteiger partial charge on any atom is 0.308 e.